The van der Waals surface area contributed by atoms with Crippen molar-refractivity contribution in [2.75, 3.05) is 13.2 Å². The largest absolute Gasteiger partial charge is 0.466 e. The van der Waals surface area contributed by atoms with Gasteiger partial charge in [-0.1, -0.05) is 11.8 Å². The summed E-state index contributed by atoms with van der Waals surface area (Å²) in [5, 5.41) is 0.715. The third-order valence-corrected chi connectivity index (χ3v) is 5.53. The van der Waals surface area contributed by atoms with Crippen molar-refractivity contribution in [1.82, 2.24) is 0 Å². The molecule has 30 heavy (non-hydrogen) atoms. The second kappa shape index (κ2) is 8.19. The summed E-state index contributed by atoms with van der Waals surface area (Å²) in [5.41, 5.74) is 1.89. The summed E-state index contributed by atoms with van der Waals surface area (Å²) in [6.45, 7) is 4.13. The van der Waals surface area contributed by atoms with Gasteiger partial charge in [0.15, 0.2) is 0 Å². The maximum absolute atomic E-state index is 12.4. The van der Waals surface area contributed by atoms with Gasteiger partial charge in [-0.25, -0.2) is 9.59 Å². The smallest absolute Gasteiger partial charge is 0.343 e. The standard InChI is InChI=1S/C24H22O6/c1-3-28-20(25)10-9-15-11-16-12-18-14(13-19(16)30-23(15)26)7-5-6-8-17-21(18)22(17)24(27)29-4-2/h9-13,17,21-22H,3-4,6,8H2,1-2H3/b10-9+. The van der Waals surface area contributed by atoms with E-state index in [0.29, 0.717) is 17.6 Å². The van der Waals surface area contributed by atoms with Crippen LogP contribution in [0.5, 0.6) is 0 Å². The van der Waals surface area contributed by atoms with Gasteiger partial charge in [0, 0.05) is 29.4 Å². The highest BCUT2D eigenvalue weighted by Gasteiger charge is 2.56. The minimum absolute atomic E-state index is 0.0588. The molecule has 1 saturated carbocycles. The van der Waals surface area contributed by atoms with Crippen LogP contribution < -0.4 is 5.63 Å². The van der Waals surface area contributed by atoms with Crippen molar-refractivity contribution in [2.24, 2.45) is 11.8 Å². The zero-order valence-corrected chi connectivity index (χ0v) is 16.9. The average molecular weight is 406 g/mol. The Bertz CT molecular complexity index is 1160. The predicted molar refractivity (Wildman–Crippen MR) is 111 cm³/mol. The minimum Gasteiger partial charge on any atom is -0.466 e. The highest BCUT2D eigenvalue weighted by atomic mass is 16.5. The van der Waals surface area contributed by atoms with Gasteiger partial charge in [0.05, 0.1) is 24.7 Å². The van der Waals surface area contributed by atoms with Gasteiger partial charge in [0.1, 0.15) is 5.58 Å². The third kappa shape index (κ3) is 3.76. The lowest BCUT2D eigenvalue weighted by Gasteiger charge is -2.09. The van der Waals surface area contributed by atoms with Gasteiger partial charge in [0.2, 0.25) is 0 Å². The summed E-state index contributed by atoms with van der Waals surface area (Å²) in [6, 6.07) is 5.38. The molecule has 1 fully saturated rings. The van der Waals surface area contributed by atoms with Crippen molar-refractivity contribution in [3.63, 3.8) is 0 Å². The van der Waals surface area contributed by atoms with Crippen LogP contribution in [-0.4, -0.2) is 25.2 Å². The van der Waals surface area contributed by atoms with E-state index in [4.69, 9.17) is 13.9 Å². The van der Waals surface area contributed by atoms with Crippen LogP contribution in [0.15, 0.2) is 33.5 Å². The Morgan fingerprint density at radius 1 is 1.20 bits per heavy atom. The molecule has 1 aromatic heterocycles. The van der Waals surface area contributed by atoms with E-state index in [1.54, 1.807) is 26.0 Å². The molecular weight excluding hydrogens is 384 g/mol. The van der Waals surface area contributed by atoms with E-state index in [-0.39, 0.29) is 35.9 Å². The number of ether oxygens (including phenoxy) is 2. The molecule has 0 bridgehead atoms. The summed E-state index contributed by atoms with van der Waals surface area (Å²) < 4.78 is 15.6. The minimum atomic E-state index is -0.546. The molecule has 154 valence electrons. The van der Waals surface area contributed by atoms with Gasteiger partial charge >= 0.3 is 17.6 Å². The molecule has 0 aliphatic heterocycles. The average Bonchev–Trinajstić information content (AvgIpc) is 3.41. The van der Waals surface area contributed by atoms with E-state index in [0.717, 1.165) is 24.0 Å². The molecule has 1 heterocycles. The molecule has 2 aliphatic carbocycles. The fraction of sp³-hybridized carbons (Fsp3) is 0.375. The molecule has 0 amide bonds. The van der Waals surface area contributed by atoms with Crippen molar-refractivity contribution in [2.45, 2.75) is 32.6 Å². The van der Waals surface area contributed by atoms with Crippen LogP contribution in [0, 0.1) is 23.7 Å². The van der Waals surface area contributed by atoms with E-state index in [1.807, 2.05) is 6.07 Å². The Morgan fingerprint density at radius 3 is 2.77 bits per heavy atom. The van der Waals surface area contributed by atoms with Gasteiger partial charge in [-0.15, -0.1) is 0 Å². The molecule has 0 radical (unpaired) electrons. The van der Waals surface area contributed by atoms with Crippen molar-refractivity contribution in [3.8, 4) is 11.8 Å². The second-order valence-electron chi connectivity index (χ2n) is 7.36. The fourth-order valence-corrected chi connectivity index (χ4v) is 4.16. The lowest BCUT2D eigenvalue weighted by atomic mass is 9.96. The Hall–Kier alpha value is -3.33. The molecule has 1 aromatic carbocycles. The molecule has 0 spiro atoms. The number of fused-ring (bicyclic) bond motifs is 4. The summed E-state index contributed by atoms with van der Waals surface area (Å²) >= 11 is 0. The first-order valence-electron chi connectivity index (χ1n) is 10.2. The molecule has 0 saturated heterocycles. The maximum Gasteiger partial charge on any atom is 0.343 e. The Morgan fingerprint density at radius 2 is 2.00 bits per heavy atom. The van der Waals surface area contributed by atoms with Crippen LogP contribution in [0.4, 0.5) is 0 Å². The monoisotopic (exact) mass is 406 g/mol. The first-order chi connectivity index (χ1) is 14.5. The van der Waals surface area contributed by atoms with Crippen LogP contribution in [-0.2, 0) is 19.1 Å². The van der Waals surface area contributed by atoms with Gasteiger partial charge < -0.3 is 13.9 Å². The van der Waals surface area contributed by atoms with Gasteiger partial charge in [0.25, 0.3) is 0 Å². The number of esters is 2. The van der Waals surface area contributed by atoms with Crippen LogP contribution in [0.3, 0.4) is 0 Å². The number of carbonyl (C=O) groups is 2. The first-order valence-corrected chi connectivity index (χ1v) is 10.2. The number of carbonyl (C=O) groups excluding carboxylic acids is 2. The van der Waals surface area contributed by atoms with Crippen LogP contribution in [0.25, 0.3) is 17.0 Å². The lowest BCUT2D eigenvalue weighted by molar-refractivity contribution is -0.145. The van der Waals surface area contributed by atoms with Gasteiger partial charge in [-0.2, -0.15) is 0 Å². The third-order valence-electron chi connectivity index (χ3n) is 5.53. The molecule has 6 heteroatoms. The van der Waals surface area contributed by atoms with E-state index in [2.05, 4.69) is 11.8 Å². The zero-order valence-electron chi connectivity index (χ0n) is 16.9. The normalized spacial score (nSPS) is 21.6. The highest BCUT2D eigenvalue weighted by Crippen LogP contribution is 2.58. The van der Waals surface area contributed by atoms with Gasteiger partial charge in [-0.3, -0.25) is 4.79 Å². The molecule has 2 aliphatic rings. The van der Waals surface area contributed by atoms with Crippen LogP contribution >= 0.6 is 0 Å². The lowest BCUT2D eigenvalue weighted by Crippen LogP contribution is -2.08. The molecular formula is C24H22O6. The summed E-state index contributed by atoms with van der Waals surface area (Å²) in [6.07, 6.45) is 4.17. The van der Waals surface area contributed by atoms with Gasteiger partial charge in [-0.05, 0) is 56.0 Å². The van der Waals surface area contributed by atoms with E-state index >= 15 is 0 Å². The van der Waals surface area contributed by atoms with Crippen molar-refractivity contribution >= 4 is 29.0 Å². The molecule has 3 unspecified atom stereocenters. The number of benzene rings is 1. The Balaban J connectivity index is 1.75. The summed E-state index contributed by atoms with van der Waals surface area (Å²) in [5.74, 6) is 5.71. The predicted octanol–water partition coefficient (Wildman–Crippen LogP) is 3.41. The fourth-order valence-electron chi connectivity index (χ4n) is 4.16. The van der Waals surface area contributed by atoms with Crippen molar-refractivity contribution in [3.05, 3.63) is 51.4 Å². The topological polar surface area (TPSA) is 82.8 Å². The van der Waals surface area contributed by atoms with E-state index in [9.17, 15) is 14.4 Å². The van der Waals surface area contributed by atoms with E-state index < -0.39 is 11.6 Å². The number of hydrogen-bond acceptors (Lipinski definition) is 6. The zero-order chi connectivity index (χ0) is 21.3. The Labute approximate surface area is 173 Å². The maximum atomic E-state index is 12.4. The summed E-state index contributed by atoms with van der Waals surface area (Å²) in [7, 11) is 0. The van der Waals surface area contributed by atoms with Crippen LogP contribution in [0.2, 0.25) is 0 Å². The molecule has 4 rings (SSSR count). The van der Waals surface area contributed by atoms with Crippen LogP contribution in [0.1, 0.15) is 49.3 Å². The SMILES string of the molecule is CCOC(=O)/C=C/c1cc2cc3c(cc2oc1=O)C#CCCC1C(C(=O)OCC)C31. The molecule has 0 N–H and O–H groups in total. The molecule has 3 atom stereocenters. The van der Waals surface area contributed by atoms with Crippen molar-refractivity contribution in [1.29, 1.82) is 0 Å². The number of rotatable bonds is 5. The Kier molecular flexibility index (Phi) is 5.45. The highest BCUT2D eigenvalue weighted by molar-refractivity contribution is 5.89. The van der Waals surface area contributed by atoms with E-state index in [1.165, 1.54) is 12.2 Å². The quantitative estimate of drug-likeness (QED) is 0.328. The second-order valence-corrected chi connectivity index (χ2v) is 7.36. The molecule has 6 nitrogen and oxygen atoms in total. The number of hydrogen-bond donors (Lipinski definition) is 0. The van der Waals surface area contributed by atoms with Crippen molar-refractivity contribution < 1.29 is 23.5 Å². The summed E-state index contributed by atoms with van der Waals surface area (Å²) in [4.78, 5) is 36.3. The molecule has 2 aromatic rings. The first kappa shape index (κ1) is 20.0.